The zero-order valence-electron chi connectivity index (χ0n) is 17.5. The number of hydrogen-bond donors (Lipinski definition) is 1. The fourth-order valence-corrected chi connectivity index (χ4v) is 3.27. The highest BCUT2D eigenvalue weighted by atomic mass is 19.1. The molecule has 6 nitrogen and oxygen atoms in total. The normalized spacial score (nSPS) is 10.7. The van der Waals surface area contributed by atoms with Crippen molar-refractivity contribution in [3.63, 3.8) is 0 Å². The van der Waals surface area contributed by atoms with Gasteiger partial charge in [0.25, 0.3) is 5.91 Å². The highest BCUT2D eigenvalue weighted by Crippen LogP contribution is 2.31. The summed E-state index contributed by atoms with van der Waals surface area (Å²) in [4.78, 5) is 24.4. The highest BCUT2D eigenvalue weighted by Gasteiger charge is 2.16. The first-order valence-electron chi connectivity index (χ1n) is 9.84. The van der Waals surface area contributed by atoms with Gasteiger partial charge in [-0.15, -0.1) is 0 Å². The number of aryl methyl sites for hydroxylation is 1. The van der Waals surface area contributed by atoms with E-state index in [0.717, 1.165) is 0 Å². The van der Waals surface area contributed by atoms with Crippen molar-refractivity contribution >= 4 is 28.5 Å². The Kier molecular flexibility index (Phi) is 5.89. The van der Waals surface area contributed by atoms with Gasteiger partial charge in [-0.3, -0.25) is 4.79 Å². The number of anilines is 1. The molecule has 1 amide bonds. The number of furan rings is 1. The molecule has 4 aromatic rings. The molecule has 4 rings (SSSR count). The summed E-state index contributed by atoms with van der Waals surface area (Å²) in [6.45, 7) is 1.80. The second-order valence-electron chi connectivity index (χ2n) is 7.15. The SMILES string of the molecule is COC(=O)c1ccc(NC(=O)c2cc(OCc3ccccc3F)c3cc(C)oc3c2)cc1. The molecule has 3 aromatic carbocycles. The predicted molar refractivity (Wildman–Crippen MR) is 117 cm³/mol. The minimum atomic E-state index is -0.460. The van der Waals surface area contributed by atoms with Gasteiger partial charge in [-0.05, 0) is 55.5 Å². The molecule has 1 N–H and O–H groups in total. The molecule has 0 bridgehead atoms. The summed E-state index contributed by atoms with van der Waals surface area (Å²) in [5, 5.41) is 3.47. The van der Waals surface area contributed by atoms with Crippen molar-refractivity contribution in [2.45, 2.75) is 13.5 Å². The van der Waals surface area contributed by atoms with E-state index >= 15 is 0 Å². The molecule has 1 aromatic heterocycles. The number of esters is 1. The number of fused-ring (bicyclic) bond motifs is 1. The van der Waals surface area contributed by atoms with Crippen molar-refractivity contribution in [3.05, 3.63) is 95.0 Å². The van der Waals surface area contributed by atoms with Gasteiger partial charge in [0.2, 0.25) is 0 Å². The van der Waals surface area contributed by atoms with Gasteiger partial charge in [-0.1, -0.05) is 18.2 Å². The van der Waals surface area contributed by atoms with Crippen LogP contribution >= 0.6 is 0 Å². The van der Waals surface area contributed by atoms with Crippen LogP contribution in [0.2, 0.25) is 0 Å². The smallest absolute Gasteiger partial charge is 0.337 e. The summed E-state index contributed by atoms with van der Waals surface area (Å²) in [6, 6.07) is 17.7. The van der Waals surface area contributed by atoms with Gasteiger partial charge in [0.05, 0.1) is 18.1 Å². The van der Waals surface area contributed by atoms with Crippen LogP contribution in [0.5, 0.6) is 5.75 Å². The average Bonchev–Trinajstić information content (AvgIpc) is 3.18. The maximum atomic E-state index is 14.0. The van der Waals surface area contributed by atoms with Crippen LogP contribution in [0, 0.1) is 12.7 Å². The molecule has 0 saturated carbocycles. The zero-order chi connectivity index (χ0) is 22.7. The molecule has 7 heteroatoms. The first-order valence-corrected chi connectivity index (χ1v) is 9.84. The van der Waals surface area contributed by atoms with Crippen LogP contribution in [0.15, 0.2) is 71.1 Å². The standard InChI is InChI=1S/C25H20FNO5/c1-15-11-20-22(31-14-17-5-3-4-6-21(17)26)12-18(13-23(20)32-15)24(28)27-19-9-7-16(8-10-19)25(29)30-2/h3-13H,14H2,1-2H3,(H,27,28). The molecule has 0 unspecified atom stereocenters. The third kappa shape index (κ3) is 4.46. The van der Waals surface area contributed by atoms with Crippen molar-refractivity contribution in [1.82, 2.24) is 0 Å². The number of nitrogens with one attached hydrogen (secondary N) is 1. The van der Waals surface area contributed by atoms with Crippen molar-refractivity contribution < 1.29 is 27.9 Å². The number of hydrogen-bond acceptors (Lipinski definition) is 5. The molecule has 0 spiro atoms. The van der Waals surface area contributed by atoms with E-state index in [9.17, 15) is 14.0 Å². The van der Waals surface area contributed by atoms with E-state index in [1.54, 1.807) is 67.6 Å². The molecule has 0 aliphatic rings. The zero-order valence-corrected chi connectivity index (χ0v) is 17.5. The summed E-state index contributed by atoms with van der Waals surface area (Å²) in [7, 11) is 1.30. The van der Waals surface area contributed by atoms with Crippen LogP contribution in [0.4, 0.5) is 10.1 Å². The Morgan fingerprint density at radius 2 is 1.75 bits per heavy atom. The molecule has 32 heavy (non-hydrogen) atoms. The summed E-state index contributed by atoms with van der Waals surface area (Å²) >= 11 is 0. The van der Waals surface area contributed by atoms with Crippen LogP contribution < -0.4 is 10.1 Å². The van der Waals surface area contributed by atoms with E-state index in [2.05, 4.69) is 10.1 Å². The lowest BCUT2D eigenvalue weighted by Crippen LogP contribution is -2.12. The number of benzene rings is 3. The lowest BCUT2D eigenvalue weighted by Gasteiger charge is -2.11. The number of methoxy groups -OCH3 is 1. The lowest BCUT2D eigenvalue weighted by molar-refractivity contribution is 0.0600. The molecule has 0 saturated heterocycles. The molecular formula is C25H20FNO5. The van der Waals surface area contributed by atoms with E-state index < -0.39 is 5.97 Å². The third-order valence-electron chi connectivity index (χ3n) is 4.89. The van der Waals surface area contributed by atoms with Crippen LogP contribution in [0.1, 0.15) is 32.0 Å². The molecule has 0 atom stereocenters. The van der Waals surface area contributed by atoms with E-state index in [0.29, 0.717) is 44.9 Å². The number of ether oxygens (including phenoxy) is 2. The Balaban J connectivity index is 1.59. The van der Waals surface area contributed by atoms with Gasteiger partial charge in [0.15, 0.2) is 0 Å². The Bertz CT molecular complexity index is 1290. The van der Waals surface area contributed by atoms with E-state index in [1.807, 2.05) is 0 Å². The largest absolute Gasteiger partial charge is 0.488 e. The molecule has 0 aliphatic heterocycles. The lowest BCUT2D eigenvalue weighted by atomic mass is 10.1. The summed E-state index contributed by atoms with van der Waals surface area (Å²) in [5.74, 6) is -0.141. The minimum absolute atomic E-state index is 0.00602. The van der Waals surface area contributed by atoms with Crippen molar-refractivity contribution in [3.8, 4) is 5.75 Å². The molecule has 0 aliphatic carbocycles. The minimum Gasteiger partial charge on any atom is -0.488 e. The Morgan fingerprint density at radius 3 is 2.47 bits per heavy atom. The fraction of sp³-hybridized carbons (Fsp3) is 0.120. The van der Waals surface area contributed by atoms with E-state index in [-0.39, 0.29) is 18.3 Å². The van der Waals surface area contributed by atoms with Crippen LogP contribution in [0.25, 0.3) is 11.0 Å². The number of carbonyl (C=O) groups is 2. The molecule has 0 fully saturated rings. The van der Waals surface area contributed by atoms with Crippen molar-refractivity contribution in [2.24, 2.45) is 0 Å². The van der Waals surface area contributed by atoms with Crippen LogP contribution in [-0.4, -0.2) is 19.0 Å². The quantitative estimate of drug-likeness (QED) is 0.407. The molecule has 0 radical (unpaired) electrons. The van der Waals surface area contributed by atoms with E-state index in [4.69, 9.17) is 9.15 Å². The monoisotopic (exact) mass is 433 g/mol. The summed E-state index contributed by atoms with van der Waals surface area (Å²) < 4.78 is 30.2. The Hall–Kier alpha value is -4.13. The summed E-state index contributed by atoms with van der Waals surface area (Å²) in [6.07, 6.45) is 0. The Morgan fingerprint density at radius 1 is 1.00 bits per heavy atom. The van der Waals surface area contributed by atoms with Crippen LogP contribution in [-0.2, 0) is 11.3 Å². The van der Waals surface area contributed by atoms with Gasteiger partial charge in [0.1, 0.15) is 29.5 Å². The third-order valence-corrected chi connectivity index (χ3v) is 4.89. The average molecular weight is 433 g/mol. The first-order chi connectivity index (χ1) is 15.4. The van der Waals surface area contributed by atoms with Crippen molar-refractivity contribution in [1.29, 1.82) is 0 Å². The number of carbonyl (C=O) groups excluding carboxylic acids is 2. The van der Waals surface area contributed by atoms with Gasteiger partial charge in [0, 0.05) is 16.8 Å². The second-order valence-corrected chi connectivity index (χ2v) is 7.15. The fourth-order valence-electron chi connectivity index (χ4n) is 3.27. The molecule has 162 valence electrons. The molecular weight excluding hydrogens is 413 g/mol. The van der Waals surface area contributed by atoms with Gasteiger partial charge < -0.3 is 19.2 Å². The first kappa shape index (κ1) is 21.1. The van der Waals surface area contributed by atoms with Crippen molar-refractivity contribution in [2.75, 3.05) is 12.4 Å². The van der Waals surface area contributed by atoms with Gasteiger partial charge in [-0.25, -0.2) is 9.18 Å². The number of amides is 1. The van der Waals surface area contributed by atoms with Gasteiger partial charge >= 0.3 is 5.97 Å². The second kappa shape index (κ2) is 8.93. The maximum absolute atomic E-state index is 14.0. The topological polar surface area (TPSA) is 77.8 Å². The number of halogens is 1. The predicted octanol–water partition coefficient (Wildman–Crippen LogP) is 5.50. The van der Waals surface area contributed by atoms with Gasteiger partial charge in [-0.2, -0.15) is 0 Å². The van der Waals surface area contributed by atoms with Crippen LogP contribution in [0.3, 0.4) is 0 Å². The van der Waals surface area contributed by atoms with E-state index in [1.165, 1.54) is 13.2 Å². The summed E-state index contributed by atoms with van der Waals surface area (Å²) in [5.41, 5.74) is 2.09. The maximum Gasteiger partial charge on any atom is 0.337 e. The Labute approximate surface area is 183 Å². The highest BCUT2D eigenvalue weighted by molar-refractivity contribution is 6.07. The number of rotatable bonds is 6. The molecule has 1 heterocycles.